The number of amides is 2. The lowest BCUT2D eigenvalue weighted by atomic mass is 9.99. The summed E-state index contributed by atoms with van der Waals surface area (Å²) in [4.78, 5) is 39.5. The first kappa shape index (κ1) is 28.5. The number of carbonyl (C=O) groups is 2. The van der Waals surface area contributed by atoms with Crippen LogP contribution < -0.4 is 10.2 Å². The molecule has 0 radical (unpaired) electrons. The van der Waals surface area contributed by atoms with E-state index in [1.54, 1.807) is 32.0 Å². The molecule has 10 heteroatoms. The summed E-state index contributed by atoms with van der Waals surface area (Å²) in [5, 5.41) is 3.42. The van der Waals surface area contributed by atoms with E-state index in [1.165, 1.54) is 22.7 Å². The van der Waals surface area contributed by atoms with Gasteiger partial charge in [-0.1, -0.05) is 30.0 Å². The molecule has 1 aliphatic heterocycles. The first-order valence-corrected chi connectivity index (χ1v) is 13.9. The lowest BCUT2D eigenvalue weighted by Gasteiger charge is -2.37. The molecule has 2 heterocycles. The highest BCUT2D eigenvalue weighted by Gasteiger charge is 2.38. The van der Waals surface area contributed by atoms with Crippen molar-refractivity contribution in [3.8, 4) is 0 Å². The monoisotopic (exact) mass is 551 g/mol. The van der Waals surface area contributed by atoms with Crippen LogP contribution in [0.15, 0.2) is 59.8 Å². The van der Waals surface area contributed by atoms with Crippen LogP contribution >= 0.6 is 11.8 Å². The smallest absolute Gasteiger partial charge is 0.249 e. The number of aryl methyl sites for hydroxylation is 2. The normalized spacial score (nSPS) is 13.7. The Labute approximate surface area is 233 Å². The minimum absolute atomic E-state index is 0.00228. The van der Waals surface area contributed by atoms with Crippen molar-refractivity contribution in [2.45, 2.75) is 44.9 Å². The van der Waals surface area contributed by atoms with Crippen LogP contribution in [0.25, 0.3) is 0 Å². The maximum Gasteiger partial charge on any atom is 0.249 e. The van der Waals surface area contributed by atoms with Crippen LogP contribution in [0.3, 0.4) is 0 Å². The number of benzene rings is 2. The second-order valence-electron chi connectivity index (χ2n) is 9.95. The van der Waals surface area contributed by atoms with Crippen molar-refractivity contribution in [2.24, 2.45) is 0 Å². The van der Waals surface area contributed by atoms with E-state index >= 15 is 0 Å². The van der Waals surface area contributed by atoms with Crippen LogP contribution in [0.4, 0.5) is 15.8 Å². The molecule has 2 aromatic carbocycles. The lowest BCUT2D eigenvalue weighted by molar-refractivity contribution is -0.142. The number of aromatic nitrogens is 2. The Balaban J connectivity index is 1.51. The molecule has 0 bridgehead atoms. The van der Waals surface area contributed by atoms with Crippen LogP contribution in [0, 0.1) is 19.7 Å². The van der Waals surface area contributed by atoms with Gasteiger partial charge in [0.15, 0.2) is 5.16 Å². The zero-order chi connectivity index (χ0) is 28.0. The highest BCUT2D eigenvalue weighted by atomic mass is 32.2. The quantitative estimate of drug-likeness (QED) is 0.307. The van der Waals surface area contributed by atoms with Gasteiger partial charge in [0.05, 0.1) is 19.0 Å². The molecule has 3 aromatic rings. The molecule has 1 saturated heterocycles. The van der Waals surface area contributed by atoms with Crippen molar-refractivity contribution in [3.63, 3.8) is 0 Å². The molecule has 1 aromatic heterocycles. The predicted molar refractivity (Wildman–Crippen MR) is 151 cm³/mol. The van der Waals surface area contributed by atoms with E-state index in [4.69, 9.17) is 4.74 Å². The lowest BCUT2D eigenvalue weighted by Crippen LogP contribution is -2.55. The Kier molecular flexibility index (Phi) is 9.19. The van der Waals surface area contributed by atoms with E-state index in [-0.39, 0.29) is 24.1 Å². The van der Waals surface area contributed by atoms with Crippen molar-refractivity contribution in [1.29, 1.82) is 0 Å². The van der Waals surface area contributed by atoms with Gasteiger partial charge in [-0.05, 0) is 64.1 Å². The summed E-state index contributed by atoms with van der Waals surface area (Å²) in [6.45, 7) is 10.0. The predicted octanol–water partition coefficient (Wildman–Crippen LogP) is 4.61. The summed E-state index contributed by atoms with van der Waals surface area (Å²) in [5.41, 5.74) is 2.32. The van der Waals surface area contributed by atoms with Gasteiger partial charge in [0.2, 0.25) is 11.8 Å². The van der Waals surface area contributed by atoms with E-state index in [1.807, 2.05) is 44.2 Å². The van der Waals surface area contributed by atoms with Gasteiger partial charge in [-0.2, -0.15) is 0 Å². The molecule has 0 aliphatic carbocycles. The summed E-state index contributed by atoms with van der Waals surface area (Å²) >= 11 is 1.19. The fourth-order valence-corrected chi connectivity index (χ4v) is 5.17. The highest BCUT2D eigenvalue weighted by Crippen LogP contribution is 2.26. The van der Waals surface area contributed by atoms with E-state index in [0.29, 0.717) is 29.6 Å². The third-order valence-corrected chi connectivity index (χ3v) is 7.44. The number of thioether (sulfide) groups is 1. The van der Waals surface area contributed by atoms with Gasteiger partial charge in [-0.3, -0.25) is 9.59 Å². The van der Waals surface area contributed by atoms with Gasteiger partial charge in [-0.25, -0.2) is 14.4 Å². The molecular weight excluding hydrogens is 517 g/mol. The number of hydrogen-bond donors (Lipinski definition) is 1. The Hall–Kier alpha value is -3.50. The van der Waals surface area contributed by atoms with Crippen LogP contribution in [-0.2, 0) is 20.9 Å². The van der Waals surface area contributed by atoms with Crippen molar-refractivity contribution in [3.05, 3.63) is 77.4 Å². The summed E-state index contributed by atoms with van der Waals surface area (Å²) in [7, 11) is 0. The summed E-state index contributed by atoms with van der Waals surface area (Å²) in [6.07, 6.45) is 0. The van der Waals surface area contributed by atoms with Crippen molar-refractivity contribution in [2.75, 3.05) is 42.3 Å². The minimum Gasteiger partial charge on any atom is -0.378 e. The number of halogens is 1. The van der Waals surface area contributed by atoms with E-state index in [2.05, 4.69) is 20.2 Å². The number of anilines is 2. The molecule has 0 spiro atoms. The minimum atomic E-state index is -1.29. The SMILES string of the molecule is Cc1cc(C)nc(SCC(=O)N(Cc2ccccc2F)C(C)(C)C(=O)Nc2ccc(N3CCOCC3)cc2)n1. The fourth-order valence-electron chi connectivity index (χ4n) is 4.34. The van der Waals surface area contributed by atoms with Gasteiger partial charge in [0.25, 0.3) is 0 Å². The molecule has 0 unspecified atom stereocenters. The molecule has 39 heavy (non-hydrogen) atoms. The Morgan fingerprint density at radius 1 is 1.05 bits per heavy atom. The average Bonchev–Trinajstić information content (AvgIpc) is 2.91. The maximum absolute atomic E-state index is 14.6. The molecule has 4 rings (SSSR count). The van der Waals surface area contributed by atoms with Gasteiger partial charge < -0.3 is 19.9 Å². The standard InChI is InChI=1S/C29H34FN5O3S/c1-20-17-21(2)32-28(31-20)39-19-26(36)35(18-22-7-5-6-8-25(22)30)29(3,4)27(37)33-23-9-11-24(12-10-23)34-13-15-38-16-14-34/h5-12,17H,13-16,18-19H2,1-4H3,(H,33,37). The summed E-state index contributed by atoms with van der Waals surface area (Å²) in [6, 6.07) is 15.7. The molecule has 1 aliphatic rings. The van der Waals surface area contributed by atoms with Crippen LogP contribution in [0.1, 0.15) is 30.8 Å². The third-order valence-electron chi connectivity index (χ3n) is 6.61. The number of nitrogens with zero attached hydrogens (tertiary/aromatic N) is 4. The van der Waals surface area contributed by atoms with Crippen LogP contribution in [0.2, 0.25) is 0 Å². The number of hydrogen-bond acceptors (Lipinski definition) is 7. The molecule has 1 N–H and O–H groups in total. The largest absolute Gasteiger partial charge is 0.378 e. The van der Waals surface area contributed by atoms with Crippen molar-refractivity contribution >= 4 is 35.0 Å². The Morgan fingerprint density at radius 3 is 2.33 bits per heavy atom. The number of carbonyl (C=O) groups excluding carboxylic acids is 2. The first-order valence-electron chi connectivity index (χ1n) is 12.9. The second-order valence-corrected chi connectivity index (χ2v) is 10.9. The molecule has 2 amide bonds. The van der Waals surface area contributed by atoms with Crippen molar-refractivity contribution < 1.29 is 18.7 Å². The van der Waals surface area contributed by atoms with Gasteiger partial charge in [0.1, 0.15) is 11.4 Å². The Bertz CT molecular complexity index is 1290. The number of morpholine rings is 1. The summed E-state index contributed by atoms with van der Waals surface area (Å²) in [5.74, 6) is -1.13. The average molecular weight is 552 g/mol. The van der Waals surface area contributed by atoms with Crippen LogP contribution in [0.5, 0.6) is 0 Å². The van der Waals surface area contributed by atoms with Gasteiger partial charge >= 0.3 is 0 Å². The molecule has 206 valence electrons. The zero-order valence-corrected chi connectivity index (χ0v) is 23.6. The molecule has 0 atom stereocenters. The van der Waals surface area contributed by atoms with E-state index < -0.39 is 11.4 Å². The number of nitrogens with one attached hydrogen (secondary N) is 1. The Morgan fingerprint density at radius 2 is 1.69 bits per heavy atom. The van der Waals surface area contributed by atoms with E-state index in [0.717, 1.165) is 30.2 Å². The molecule has 1 fully saturated rings. The molecule has 0 saturated carbocycles. The van der Waals surface area contributed by atoms with Gasteiger partial charge in [-0.15, -0.1) is 0 Å². The first-order chi connectivity index (χ1) is 18.6. The zero-order valence-electron chi connectivity index (χ0n) is 22.7. The second kappa shape index (κ2) is 12.6. The number of rotatable bonds is 9. The van der Waals surface area contributed by atoms with Gasteiger partial charge in [0, 0.05) is 48.0 Å². The highest BCUT2D eigenvalue weighted by molar-refractivity contribution is 7.99. The number of ether oxygens (including phenoxy) is 1. The fraction of sp³-hybridized carbons (Fsp3) is 0.379. The maximum atomic E-state index is 14.6. The third kappa shape index (κ3) is 7.33. The van der Waals surface area contributed by atoms with Crippen LogP contribution in [-0.4, -0.2) is 64.3 Å². The summed E-state index contributed by atoms with van der Waals surface area (Å²) < 4.78 is 20.0. The van der Waals surface area contributed by atoms with Crippen molar-refractivity contribution in [1.82, 2.24) is 14.9 Å². The van der Waals surface area contributed by atoms with E-state index in [9.17, 15) is 14.0 Å². The molecular formula is C29H34FN5O3S. The topological polar surface area (TPSA) is 87.7 Å². The molecule has 8 nitrogen and oxygen atoms in total.